The first kappa shape index (κ1) is 24.0. The Morgan fingerprint density at radius 3 is 2.53 bits per heavy atom. The van der Waals surface area contributed by atoms with E-state index in [1.165, 1.54) is 49.6 Å². The number of non-ortho nitro benzene ring substituents is 1. The fourth-order valence-electron chi connectivity index (χ4n) is 3.40. The Hall–Kier alpha value is -5.13. The number of hydrogen-bond acceptors (Lipinski definition) is 8. The molecule has 12 nitrogen and oxygen atoms in total. The number of furan rings is 1. The lowest BCUT2D eigenvalue weighted by molar-refractivity contribution is -0.384. The highest BCUT2D eigenvalue weighted by atomic mass is 16.6. The molecule has 3 aromatic rings. The molecule has 1 fully saturated rings. The van der Waals surface area contributed by atoms with Crippen molar-refractivity contribution in [1.29, 1.82) is 0 Å². The van der Waals surface area contributed by atoms with Crippen molar-refractivity contribution in [3.63, 3.8) is 0 Å². The van der Waals surface area contributed by atoms with E-state index in [-0.39, 0.29) is 30.3 Å². The van der Waals surface area contributed by atoms with Crippen molar-refractivity contribution in [1.82, 2.24) is 10.2 Å². The molecular weight excluding hydrogens is 474 g/mol. The average molecular weight is 493 g/mol. The molecule has 3 amide bonds. The molecule has 1 saturated heterocycles. The molecule has 0 saturated carbocycles. The van der Waals surface area contributed by atoms with E-state index in [0.29, 0.717) is 28.4 Å². The lowest BCUT2D eigenvalue weighted by atomic mass is 10.1. The lowest BCUT2D eigenvalue weighted by Crippen LogP contribution is -2.30. The van der Waals surface area contributed by atoms with Gasteiger partial charge in [0.2, 0.25) is 5.76 Å². The van der Waals surface area contributed by atoms with Crippen LogP contribution in [0, 0.1) is 10.1 Å². The Labute approximate surface area is 203 Å². The second-order valence-electron chi connectivity index (χ2n) is 7.57. The van der Waals surface area contributed by atoms with E-state index in [1.54, 1.807) is 18.2 Å². The normalized spacial score (nSPS) is 14.1. The third-order valence-corrected chi connectivity index (χ3v) is 5.19. The number of methoxy groups -OCH3 is 1. The second-order valence-corrected chi connectivity index (χ2v) is 7.57. The number of urea groups is 1. The molecule has 0 aliphatic carbocycles. The van der Waals surface area contributed by atoms with Crippen LogP contribution in [0.15, 0.2) is 64.7 Å². The number of ether oxygens (including phenoxy) is 2. The summed E-state index contributed by atoms with van der Waals surface area (Å²) in [7, 11) is 1.43. The summed E-state index contributed by atoms with van der Waals surface area (Å²) < 4.78 is 16.2. The molecule has 0 bridgehead atoms. The largest absolute Gasteiger partial charge is 0.493 e. The highest BCUT2D eigenvalue weighted by molar-refractivity contribution is 6.13. The SMILES string of the molecule is COc1cc(/C=C2\NC(=O)N(Cc3ccc([N+](=O)[O-])cc3)C2=O)ccc1OCc1ccc(C(=O)O)o1. The van der Waals surface area contributed by atoms with Crippen molar-refractivity contribution in [3.8, 4) is 11.5 Å². The van der Waals surface area contributed by atoms with Gasteiger partial charge in [-0.05, 0) is 41.5 Å². The van der Waals surface area contributed by atoms with Crippen molar-refractivity contribution in [2.24, 2.45) is 0 Å². The molecule has 1 aliphatic heterocycles. The van der Waals surface area contributed by atoms with Crippen LogP contribution in [-0.4, -0.2) is 39.9 Å². The zero-order chi connectivity index (χ0) is 25.8. The molecule has 36 heavy (non-hydrogen) atoms. The molecule has 2 N–H and O–H groups in total. The highest BCUT2D eigenvalue weighted by Crippen LogP contribution is 2.30. The summed E-state index contributed by atoms with van der Waals surface area (Å²) in [5.74, 6) is -0.925. The maximum absolute atomic E-state index is 12.8. The minimum atomic E-state index is -1.18. The molecule has 0 unspecified atom stereocenters. The number of nitrogens with zero attached hydrogens (tertiary/aromatic N) is 2. The molecule has 12 heteroatoms. The number of benzene rings is 2. The number of imide groups is 1. The van der Waals surface area contributed by atoms with Gasteiger partial charge < -0.3 is 24.3 Å². The van der Waals surface area contributed by atoms with Crippen molar-refractivity contribution in [3.05, 3.63) is 93.1 Å². The Morgan fingerprint density at radius 1 is 1.14 bits per heavy atom. The van der Waals surface area contributed by atoms with Crippen LogP contribution in [0.4, 0.5) is 10.5 Å². The first-order valence-corrected chi connectivity index (χ1v) is 10.5. The molecule has 4 rings (SSSR count). The zero-order valence-electron chi connectivity index (χ0n) is 18.8. The minimum absolute atomic E-state index is 0.0315. The van der Waals surface area contributed by atoms with Crippen LogP contribution in [0.3, 0.4) is 0 Å². The van der Waals surface area contributed by atoms with Crippen LogP contribution in [0.1, 0.15) is 27.4 Å². The number of carbonyl (C=O) groups excluding carboxylic acids is 2. The number of rotatable bonds is 9. The second kappa shape index (κ2) is 10.0. The summed E-state index contributed by atoms with van der Waals surface area (Å²) in [6.07, 6.45) is 1.48. The van der Waals surface area contributed by atoms with Crippen LogP contribution in [0.5, 0.6) is 11.5 Å². The number of carboxylic acids is 1. The van der Waals surface area contributed by atoms with E-state index in [9.17, 15) is 24.5 Å². The van der Waals surface area contributed by atoms with E-state index >= 15 is 0 Å². The van der Waals surface area contributed by atoms with Crippen LogP contribution in [0.25, 0.3) is 6.08 Å². The van der Waals surface area contributed by atoms with Crippen molar-refractivity contribution >= 4 is 29.7 Å². The molecule has 0 atom stereocenters. The first-order valence-electron chi connectivity index (χ1n) is 10.5. The summed E-state index contributed by atoms with van der Waals surface area (Å²) >= 11 is 0. The number of carbonyl (C=O) groups is 3. The van der Waals surface area contributed by atoms with Crippen LogP contribution in [-0.2, 0) is 17.9 Å². The number of hydrogen-bond donors (Lipinski definition) is 2. The fraction of sp³-hybridized carbons (Fsp3) is 0.125. The molecule has 1 aromatic heterocycles. The number of nitro benzene ring substituents is 1. The number of aromatic carboxylic acids is 1. The Balaban J connectivity index is 1.45. The predicted octanol–water partition coefficient (Wildman–Crippen LogP) is 3.57. The third-order valence-electron chi connectivity index (χ3n) is 5.19. The van der Waals surface area contributed by atoms with E-state index in [1.807, 2.05) is 0 Å². The van der Waals surface area contributed by atoms with Gasteiger partial charge >= 0.3 is 12.0 Å². The van der Waals surface area contributed by atoms with Crippen LogP contribution >= 0.6 is 0 Å². The predicted molar refractivity (Wildman–Crippen MR) is 123 cm³/mol. The third kappa shape index (κ3) is 5.17. The maximum atomic E-state index is 12.8. The van der Waals surface area contributed by atoms with Gasteiger partial charge in [-0.2, -0.15) is 0 Å². The van der Waals surface area contributed by atoms with Gasteiger partial charge in [0.25, 0.3) is 11.6 Å². The highest BCUT2D eigenvalue weighted by Gasteiger charge is 2.33. The smallest absolute Gasteiger partial charge is 0.371 e. The summed E-state index contributed by atoms with van der Waals surface area (Å²) in [6, 6.07) is 12.6. The molecular formula is C24H19N3O9. The molecule has 0 spiro atoms. The maximum Gasteiger partial charge on any atom is 0.371 e. The van der Waals surface area contributed by atoms with Gasteiger partial charge in [-0.1, -0.05) is 18.2 Å². The summed E-state index contributed by atoms with van der Waals surface area (Å²) in [6.45, 7) is -0.0807. The lowest BCUT2D eigenvalue weighted by Gasteiger charge is -2.11. The molecule has 184 valence electrons. The topological polar surface area (TPSA) is 161 Å². The van der Waals surface area contributed by atoms with E-state index in [2.05, 4.69) is 5.32 Å². The first-order chi connectivity index (χ1) is 17.2. The van der Waals surface area contributed by atoms with Gasteiger partial charge in [0, 0.05) is 12.1 Å². The molecule has 1 aliphatic rings. The van der Waals surface area contributed by atoms with Crippen molar-refractivity contribution < 1.29 is 38.3 Å². The van der Waals surface area contributed by atoms with E-state index < -0.39 is 22.8 Å². The summed E-state index contributed by atoms with van der Waals surface area (Å²) in [4.78, 5) is 47.3. The zero-order valence-corrected chi connectivity index (χ0v) is 18.8. The summed E-state index contributed by atoms with van der Waals surface area (Å²) in [5, 5.41) is 22.2. The standard InChI is InChI=1S/C24H19N3O9/c1-34-21-11-15(4-8-19(21)35-13-17-7-9-20(36-17)23(29)30)10-18-22(28)26(24(31)25-18)12-14-2-5-16(6-3-14)27(32)33/h2-11H,12-13H2,1H3,(H,25,31)(H,29,30)/b18-10-. The number of carboxylic acid groups (broad SMARTS) is 1. The van der Waals surface area contributed by atoms with E-state index in [0.717, 1.165) is 4.90 Å². The van der Waals surface area contributed by atoms with Gasteiger partial charge in [-0.3, -0.25) is 19.8 Å². The number of nitrogens with one attached hydrogen (secondary N) is 1. The Morgan fingerprint density at radius 2 is 1.89 bits per heavy atom. The van der Waals surface area contributed by atoms with Crippen molar-refractivity contribution in [2.75, 3.05) is 7.11 Å². The summed E-state index contributed by atoms with van der Waals surface area (Å²) in [5.41, 5.74) is 1.06. The average Bonchev–Trinajstić information content (AvgIpc) is 3.44. The van der Waals surface area contributed by atoms with Gasteiger partial charge in [-0.25, -0.2) is 9.59 Å². The number of nitro groups is 1. The number of amides is 3. The van der Waals surface area contributed by atoms with Gasteiger partial charge in [0.05, 0.1) is 18.6 Å². The van der Waals surface area contributed by atoms with E-state index in [4.69, 9.17) is 19.0 Å². The molecule has 0 radical (unpaired) electrons. The van der Waals surface area contributed by atoms with Crippen LogP contribution < -0.4 is 14.8 Å². The van der Waals surface area contributed by atoms with Crippen molar-refractivity contribution in [2.45, 2.75) is 13.2 Å². The minimum Gasteiger partial charge on any atom is -0.493 e. The van der Waals surface area contributed by atoms with Gasteiger partial charge in [-0.15, -0.1) is 0 Å². The quantitative estimate of drug-likeness (QED) is 0.196. The molecule has 2 heterocycles. The fourth-order valence-corrected chi connectivity index (χ4v) is 3.40. The Bertz CT molecular complexity index is 1380. The monoisotopic (exact) mass is 493 g/mol. The molecule has 2 aromatic carbocycles. The van der Waals surface area contributed by atoms with Gasteiger partial charge in [0.1, 0.15) is 18.1 Å². The Kier molecular flexibility index (Phi) is 6.68. The van der Waals surface area contributed by atoms with Crippen LogP contribution in [0.2, 0.25) is 0 Å². The van der Waals surface area contributed by atoms with Gasteiger partial charge in [0.15, 0.2) is 11.5 Å².